The summed E-state index contributed by atoms with van der Waals surface area (Å²) in [7, 11) is 0. The summed E-state index contributed by atoms with van der Waals surface area (Å²) in [5.41, 5.74) is 16.0. The van der Waals surface area contributed by atoms with Crippen molar-refractivity contribution < 1.29 is 0 Å². The van der Waals surface area contributed by atoms with E-state index >= 15 is 0 Å². The Morgan fingerprint density at radius 3 is 2.96 bits per heavy atom. The molecule has 0 unspecified atom stereocenters. The molecule has 0 amide bonds. The van der Waals surface area contributed by atoms with Gasteiger partial charge in [0.05, 0.1) is 23.4 Å². The fraction of sp³-hybridized carbons (Fsp3) is 0.444. The summed E-state index contributed by atoms with van der Waals surface area (Å²) in [6.45, 7) is 0.768. The molecule has 5 heteroatoms. The molecule has 5 nitrogen and oxygen atoms in total. The van der Waals surface area contributed by atoms with E-state index < -0.39 is 0 Å². The number of aromatic amines is 1. The third kappa shape index (κ3) is 2.88. The van der Waals surface area contributed by atoms with Crippen LogP contribution in [0.1, 0.15) is 31.4 Å². The van der Waals surface area contributed by atoms with Gasteiger partial charge in [0.1, 0.15) is 0 Å². The van der Waals surface area contributed by atoms with Crippen molar-refractivity contribution in [1.29, 1.82) is 0 Å². The number of hydrogen-bond acceptors (Lipinski definition) is 4. The molecular weight excluding hydrogens is 286 g/mol. The number of hydrogen-bond donors (Lipinski definition) is 3. The number of rotatable bonds is 5. The topological polar surface area (TPSA) is 93.1 Å². The molecule has 2 aliphatic carbocycles. The maximum absolute atomic E-state index is 6.39. The molecule has 2 saturated carbocycles. The van der Waals surface area contributed by atoms with E-state index in [-0.39, 0.29) is 0 Å². The Balaban J connectivity index is 1.63. The lowest BCUT2D eigenvalue weighted by Crippen LogP contribution is -2.32. The highest BCUT2D eigenvalue weighted by molar-refractivity contribution is 6.11. The van der Waals surface area contributed by atoms with Gasteiger partial charge >= 0.3 is 0 Å². The van der Waals surface area contributed by atoms with Gasteiger partial charge in [-0.1, -0.05) is 0 Å². The van der Waals surface area contributed by atoms with Crippen LogP contribution in [0.4, 0.5) is 0 Å². The Bertz CT molecular complexity index is 763. The van der Waals surface area contributed by atoms with Crippen LogP contribution in [0.15, 0.2) is 35.2 Å². The Hall–Kier alpha value is -2.14. The molecule has 23 heavy (non-hydrogen) atoms. The van der Waals surface area contributed by atoms with Crippen molar-refractivity contribution in [1.82, 2.24) is 9.97 Å². The first-order valence-electron chi connectivity index (χ1n) is 8.41. The zero-order valence-electron chi connectivity index (χ0n) is 13.2. The van der Waals surface area contributed by atoms with Gasteiger partial charge < -0.3 is 16.5 Å². The van der Waals surface area contributed by atoms with E-state index in [1.165, 1.54) is 12.8 Å². The smallest absolute Gasteiger partial charge is 0.0742 e. The molecule has 2 fully saturated rings. The average Bonchev–Trinajstić information content (AvgIpc) is 3.27. The van der Waals surface area contributed by atoms with E-state index in [9.17, 15) is 0 Å². The maximum atomic E-state index is 6.39. The Labute approximate surface area is 135 Å². The zero-order chi connectivity index (χ0) is 15.8. The number of allylic oxidation sites excluding steroid dienone is 2. The summed E-state index contributed by atoms with van der Waals surface area (Å²) >= 11 is 0. The molecule has 2 aromatic heterocycles. The third-order valence-electron chi connectivity index (χ3n) is 5.00. The summed E-state index contributed by atoms with van der Waals surface area (Å²) < 4.78 is 0. The van der Waals surface area contributed by atoms with E-state index in [4.69, 9.17) is 16.5 Å². The van der Waals surface area contributed by atoms with Crippen molar-refractivity contribution in [2.45, 2.75) is 31.7 Å². The number of nitrogens with two attached hydrogens (primary N) is 2. The first-order valence-corrected chi connectivity index (χ1v) is 8.41. The fourth-order valence-electron chi connectivity index (χ4n) is 3.20. The zero-order valence-corrected chi connectivity index (χ0v) is 13.2. The Morgan fingerprint density at radius 1 is 1.39 bits per heavy atom. The van der Waals surface area contributed by atoms with Gasteiger partial charge in [-0.3, -0.25) is 9.98 Å². The number of H-pyrrole nitrogens is 1. The van der Waals surface area contributed by atoms with Crippen LogP contribution >= 0.6 is 0 Å². The van der Waals surface area contributed by atoms with Crippen molar-refractivity contribution in [3.8, 4) is 0 Å². The molecule has 0 bridgehead atoms. The van der Waals surface area contributed by atoms with Gasteiger partial charge in [-0.15, -0.1) is 0 Å². The standard InChI is InChI=1S/C18H23N5/c19-8-11-5-14(6-11)22-9-15(18(20)12-1-2-12)16-7-13-3-4-21-17(13)10-23-16/h3-4,7,9-12,14,21H,1-2,5-6,8,19-20H2. The summed E-state index contributed by atoms with van der Waals surface area (Å²) in [6.07, 6.45) is 10.3. The molecule has 0 aliphatic heterocycles. The molecule has 0 spiro atoms. The highest BCUT2D eigenvalue weighted by Gasteiger charge is 2.29. The lowest BCUT2D eigenvalue weighted by molar-refractivity contribution is 0.276. The van der Waals surface area contributed by atoms with Crippen LogP contribution in [0.2, 0.25) is 0 Å². The molecule has 0 atom stereocenters. The highest BCUT2D eigenvalue weighted by atomic mass is 14.8. The van der Waals surface area contributed by atoms with Crippen molar-refractivity contribution in [2.24, 2.45) is 28.3 Å². The summed E-state index contributed by atoms with van der Waals surface area (Å²) in [4.78, 5) is 12.5. The van der Waals surface area contributed by atoms with Crippen LogP contribution in [0.3, 0.4) is 0 Å². The molecule has 0 aromatic carbocycles. The van der Waals surface area contributed by atoms with Crippen LogP contribution in [0.25, 0.3) is 16.5 Å². The number of nitrogens with zero attached hydrogens (tertiary/aromatic N) is 2. The quantitative estimate of drug-likeness (QED) is 0.741. The minimum atomic E-state index is 0.390. The van der Waals surface area contributed by atoms with E-state index in [2.05, 4.69) is 22.1 Å². The van der Waals surface area contributed by atoms with Crippen molar-refractivity contribution >= 4 is 22.7 Å². The number of aromatic nitrogens is 2. The highest BCUT2D eigenvalue weighted by Crippen LogP contribution is 2.37. The Morgan fingerprint density at radius 2 is 2.22 bits per heavy atom. The number of nitrogens with one attached hydrogen (secondary N) is 1. The van der Waals surface area contributed by atoms with Gasteiger partial charge in [0.2, 0.25) is 0 Å². The molecule has 120 valence electrons. The summed E-state index contributed by atoms with van der Waals surface area (Å²) in [6, 6.07) is 4.54. The largest absolute Gasteiger partial charge is 0.401 e. The van der Waals surface area contributed by atoms with E-state index in [0.717, 1.165) is 47.3 Å². The third-order valence-corrected chi connectivity index (χ3v) is 5.00. The summed E-state index contributed by atoms with van der Waals surface area (Å²) in [5.74, 6) is 1.14. The first kappa shape index (κ1) is 14.5. The number of fused-ring (bicyclic) bond motifs is 1. The van der Waals surface area contributed by atoms with Gasteiger partial charge in [-0.05, 0) is 56.2 Å². The Kier molecular flexibility index (Phi) is 3.65. The maximum Gasteiger partial charge on any atom is 0.0742 e. The van der Waals surface area contributed by atoms with Crippen molar-refractivity contribution in [2.75, 3.05) is 6.54 Å². The van der Waals surface area contributed by atoms with Gasteiger partial charge in [0.25, 0.3) is 0 Å². The second-order valence-corrected chi connectivity index (χ2v) is 6.78. The van der Waals surface area contributed by atoms with Gasteiger partial charge in [-0.25, -0.2) is 0 Å². The first-order chi connectivity index (χ1) is 11.2. The normalized spacial score (nSPS) is 25.6. The molecule has 5 N–H and O–H groups in total. The summed E-state index contributed by atoms with van der Waals surface area (Å²) in [5, 5.41) is 1.15. The molecule has 0 saturated heterocycles. The molecule has 2 heterocycles. The second kappa shape index (κ2) is 5.81. The average molecular weight is 309 g/mol. The van der Waals surface area contributed by atoms with Crippen LogP contribution in [0, 0.1) is 11.8 Å². The molecule has 2 aromatic rings. The molecular formula is C18H23N5. The monoisotopic (exact) mass is 309 g/mol. The number of pyridine rings is 1. The predicted octanol–water partition coefficient (Wildman–Crippen LogP) is 2.45. The van der Waals surface area contributed by atoms with Crippen LogP contribution in [-0.2, 0) is 0 Å². The lowest BCUT2D eigenvalue weighted by atomic mass is 9.81. The SMILES string of the molecule is NCC1CC(N=CC(=C(N)C2CC2)c2cc3cc[nH]c3cn2)C1. The minimum absolute atomic E-state index is 0.390. The molecule has 4 rings (SSSR count). The molecule has 0 radical (unpaired) electrons. The van der Waals surface area contributed by atoms with Gasteiger partial charge in [0, 0.05) is 29.1 Å². The number of aliphatic imine (C=N–C) groups is 1. The van der Waals surface area contributed by atoms with Crippen LogP contribution < -0.4 is 11.5 Å². The van der Waals surface area contributed by atoms with Crippen molar-refractivity contribution in [3.05, 3.63) is 35.9 Å². The van der Waals surface area contributed by atoms with Crippen LogP contribution in [-0.4, -0.2) is 28.8 Å². The lowest BCUT2D eigenvalue weighted by Gasteiger charge is -2.31. The molecule has 2 aliphatic rings. The van der Waals surface area contributed by atoms with E-state index in [0.29, 0.717) is 17.9 Å². The van der Waals surface area contributed by atoms with E-state index in [1.54, 1.807) is 0 Å². The van der Waals surface area contributed by atoms with Gasteiger partial charge in [-0.2, -0.15) is 0 Å². The van der Waals surface area contributed by atoms with Crippen molar-refractivity contribution in [3.63, 3.8) is 0 Å². The van der Waals surface area contributed by atoms with Crippen LogP contribution in [0.5, 0.6) is 0 Å². The minimum Gasteiger partial charge on any atom is -0.401 e. The predicted molar refractivity (Wildman–Crippen MR) is 94.0 cm³/mol. The van der Waals surface area contributed by atoms with Gasteiger partial charge in [0.15, 0.2) is 0 Å². The fourth-order valence-corrected chi connectivity index (χ4v) is 3.20. The van der Waals surface area contributed by atoms with E-state index in [1.807, 2.05) is 18.6 Å². The second-order valence-electron chi connectivity index (χ2n) is 6.78.